The lowest BCUT2D eigenvalue weighted by Crippen LogP contribution is -2.48. The number of morpholine rings is 1. The molecule has 5 heteroatoms. The smallest absolute Gasteiger partial charge is 0.139 e. The average molecular weight is 225 g/mol. The molecule has 3 rings (SSSR count). The van der Waals surface area contributed by atoms with Crippen LogP contribution in [0.25, 0.3) is 0 Å². The largest absolute Gasteiger partial charge is 0.383 e. The minimum absolute atomic E-state index is 0.432. The first-order valence-electron chi connectivity index (χ1n) is 5.45. The quantitative estimate of drug-likeness (QED) is 0.786. The first-order valence-corrected chi connectivity index (χ1v) is 6.22. The van der Waals surface area contributed by atoms with Crippen LogP contribution in [0.1, 0.15) is 19.3 Å². The van der Waals surface area contributed by atoms with Crippen LogP contribution in [0.15, 0.2) is 6.07 Å². The molecule has 4 nitrogen and oxygen atoms in total. The van der Waals surface area contributed by atoms with Crippen molar-refractivity contribution in [1.82, 2.24) is 4.37 Å². The molecule has 15 heavy (non-hydrogen) atoms. The summed E-state index contributed by atoms with van der Waals surface area (Å²) < 4.78 is 9.91. The predicted octanol–water partition coefficient (Wildman–Crippen LogP) is 1.48. The average Bonchev–Trinajstić information content (AvgIpc) is 2.84. The van der Waals surface area contributed by atoms with Gasteiger partial charge in [0.2, 0.25) is 0 Å². The molecule has 1 aliphatic heterocycles. The Bertz CT molecular complexity index is 354. The number of fused-ring (bicyclic) bond motifs is 1. The molecule has 2 unspecified atom stereocenters. The van der Waals surface area contributed by atoms with Crippen molar-refractivity contribution in [1.29, 1.82) is 0 Å². The lowest BCUT2D eigenvalue weighted by molar-refractivity contribution is 0.0259. The van der Waals surface area contributed by atoms with E-state index in [1.165, 1.54) is 35.8 Å². The summed E-state index contributed by atoms with van der Waals surface area (Å²) in [5.74, 6) is 0.635. The van der Waals surface area contributed by atoms with Crippen molar-refractivity contribution in [2.75, 3.05) is 23.8 Å². The number of ether oxygens (including phenoxy) is 1. The molecule has 1 aromatic rings. The highest BCUT2D eigenvalue weighted by atomic mass is 32.1. The molecule has 0 spiro atoms. The number of hydrogen-bond acceptors (Lipinski definition) is 5. The first kappa shape index (κ1) is 9.42. The number of aromatic nitrogens is 1. The number of nitrogen functional groups attached to an aromatic ring is 1. The molecule has 0 amide bonds. The van der Waals surface area contributed by atoms with Gasteiger partial charge < -0.3 is 15.4 Å². The van der Waals surface area contributed by atoms with Crippen LogP contribution < -0.4 is 10.6 Å². The van der Waals surface area contributed by atoms with E-state index in [-0.39, 0.29) is 0 Å². The van der Waals surface area contributed by atoms with Crippen LogP contribution in [0.4, 0.5) is 10.8 Å². The van der Waals surface area contributed by atoms with Crippen LogP contribution >= 0.6 is 11.5 Å². The molecule has 0 radical (unpaired) electrons. The Hall–Kier alpha value is -0.810. The maximum Gasteiger partial charge on any atom is 0.139 e. The second-order valence-electron chi connectivity index (χ2n) is 4.19. The molecule has 1 aromatic heterocycles. The molecule has 2 heterocycles. The molecule has 0 aromatic carbocycles. The van der Waals surface area contributed by atoms with Crippen molar-refractivity contribution in [3.8, 4) is 0 Å². The summed E-state index contributed by atoms with van der Waals surface area (Å²) in [7, 11) is 0. The molecule has 2 atom stereocenters. The lowest BCUT2D eigenvalue weighted by atomic mass is 10.1. The van der Waals surface area contributed by atoms with E-state index in [0.717, 1.165) is 13.2 Å². The molecule has 0 bridgehead atoms. The van der Waals surface area contributed by atoms with Crippen LogP contribution in [-0.4, -0.2) is 29.7 Å². The number of rotatable bonds is 1. The lowest BCUT2D eigenvalue weighted by Gasteiger charge is -2.38. The van der Waals surface area contributed by atoms with E-state index in [4.69, 9.17) is 10.5 Å². The van der Waals surface area contributed by atoms with Gasteiger partial charge in [0, 0.05) is 12.6 Å². The fourth-order valence-corrected chi connectivity index (χ4v) is 3.37. The summed E-state index contributed by atoms with van der Waals surface area (Å²) in [6.45, 7) is 1.81. The van der Waals surface area contributed by atoms with Crippen molar-refractivity contribution in [2.24, 2.45) is 0 Å². The van der Waals surface area contributed by atoms with Crippen LogP contribution in [0, 0.1) is 0 Å². The van der Waals surface area contributed by atoms with Crippen molar-refractivity contribution in [3.63, 3.8) is 0 Å². The third kappa shape index (κ3) is 1.59. The van der Waals surface area contributed by atoms with Crippen molar-refractivity contribution >= 4 is 22.4 Å². The van der Waals surface area contributed by atoms with Gasteiger partial charge in [-0.15, -0.1) is 0 Å². The van der Waals surface area contributed by atoms with Gasteiger partial charge in [0.25, 0.3) is 0 Å². The summed E-state index contributed by atoms with van der Waals surface area (Å²) in [5.41, 5.74) is 5.66. The van der Waals surface area contributed by atoms with Gasteiger partial charge in [0.05, 0.1) is 18.8 Å². The topological polar surface area (TPSA) is 51.4 Å². The number of hydrogen-bond donors (Lipinski definition) is 1. The number of nitrogens with zero attached hydrogens (tertiary/aromatic N) is 2. The van der Waals surface area contributed by atoms with Gasteiger partial charge in [0.15, 0.2) is 0 Å². The Morgan fingerprint density at radius 3 is 3.27 bits per heavy atom. The summed E-state index contributed by atoms with van der Waals surface area (Å²) in [6.07, 6.45) is 4.15. The summed E-state index contributed by atoms with van der Waals surface area (Å²) >= 11 is 1.50. The van der Waals surface area contributed by atoms with Gasteiger partial charge in [-0.05, 0) is 30.8 Å². The zero-order valence-corrected chi connectivity index (χ0v) is 9.37. The van der Waals surface area contributed by atoms with Gasteiger partial charge in [-0.1, -0.05) is 0 Å². The molecular formula is C10H15N3OS. The van der Waals surface area contributed by atoms with Gasteiger partial charge in [0.1, 0.15) is 10.8 Å². The van der Waals surface area contributed by atoms with Gasteiger partial charge >= 0.3 is 0 Å². The summed E-state index contributed by atoms with van der Waals surface area (Å²) in [6, 6.07) is 2.53. The SMILES string of the molecule is Nc1cc(N2CCOC3CCCC32)sn1. The van der Waals surface area contributed by atoms with Gasteiger partial charge in [-0.2, -0.15) is 4.37 Å². The maximum absolute atomic E-state index is 5.77. The molecule has 1 aliphatic carbocycles. The highest BCUT2D eigenvalue weighted by molar-refractivity contribution is 7.10. The number of anilines is 2. The van der Waals surface area contributed by atoms with Crippen molar-refractivity contribution in [2.45, 2.75) is 31.4 Å². The van der Waals surface area contributed by atoms with Crippen LogP contribution in [0.5, 0.6) is 0 Å². The fourth-order valence-electron chi connectivity index (χ4n) is 2.61. The minimum Gasteiger partial charge on any atom is -0.383 e. The molecule has 1 saturated heterocycles. The molecule has 2 aliphatic rings. The highest BCUT2D eigenvalue weighted by Crippen LogP contribution is 2.35. The van der Waals surface area contributed by atoms with E-state index >= 15 is 0 Å². The Morgan fingerprint density at radius 2 is 2.47 bits per heavy atom. The normalized spacial score (nSPS) is 30.5. The third-order valence-electron chi connectivity index (χ3n) is 3.28. The second kappa shape index (κ2) is 3.64. The standard InChI is InChI=1S/C10H15N3OS/c11-9-6-10(15-12-9)13-4-5-14-8-3-1-2-7(8)13/h6-8H,1-5H2,(H2,11,12). The molecule has 2 N–H and O–H groups in total. The monoisotopic (exact) mass is 225 g/mol. The van der Waals surface area contributed by atoms with Crippen LogP contribution in [-0.2, 0) is 4.74 Å². The van der Waals surface area contributed by atoms with E-state index in [1.54, 1.807) is 0 Å². The van der Waals surface area contributed by atoms with Gasteiger partial charge in [-0.3, -0.25) is 0 Å². The predicted molar refractivity (Wildman–Crippen MR) is 61.3 cm³/mol. The number of nitrogens with two attached hydrogens (primary N) is 1. The highest BCUT2D eigenvalue weighted by Gasteiger charge is 2.36. The van der Waals surface area contributed by atoms with Gasteiger partial charge in [-0.25, -0.2) is 0 Å². The molecular weight excluding hydrogens is 210 g/mol. The Morgan fingerprint density at radius 1 is 1.53 bits per heavy atom. The third-order valence-corrected chi connectivity index (χ3v) is 4.12. The minimum atomic E-state index is 0.432. The molecule has 1 saturated carbocycles. The summed E-state index contributed by atoms with van der Waals surface area (Å²) in [5, 5.41) is 1.20. The van der Waals surface area contributed by atoms with Crippen molar-refractivity contribution < 1.29 is 4.74 Å². The zero-order chi connectivity index (χ0) is 10.3. The van der Waals surface area contributed by atoms with Crippen LogP contribution in [0.3, 0.4) is 0 Å². The van der Waals surface area contributed by atoms with E-state index in [2.05, 4.69) is 9.27 Å². The van der Waals surface area contributed by atoms with E-state index in [1.807, 2.05) is 6.07 Å². The second-order valence-corrected chi connectivity index (χ2v) is 4.97. The Balaban J connectivity index is 1.85. The maximum atomic E-state index is 5.77. The fraction of sp³-hybridized carbons (Fsp3) is 0.700. The Labute approximate surface area is 93.2 Å². The molecule has 82 valence electrons. The van der Waals surface area contributed by atoms with E-state index in [0.29, 0.717) is 18.0 Å². The first-order chi connectivity index (χ1) is 7.34. The van der Waals surface area contributed by atoms with Crippen molar-refractivity contribution in [3.05, 3.63) is 6.07 Å². The van der Waals surface area contributed by atoms with Crippen LogP contribution in [0.2, 0.25) is 0 Å². The summed E-state index contributed by atoms with van der Waals surface area (Å²) in [4.78, 5) is 2.43. The Kier molecular flexibility index (Phi) is 2.29. The zero-order valence-electron chi connectivity index (χ0n) is 8.56. The van der Waals surface area contributed by atoms with E-state index in [9.17, 15) is 0 Å². The van der Waals surface area contributed by atoms with E-state index < -0.39 is 0 Å². The molecule has 2 fully saturated rings.